The van der Waals surface area contributed by atoms with Gasteiger partial charge in [0.05, 0.1) is 5.41 Å². The molecule has 4 heteroatoms. The molecule has 0 aliphatic heterocycles. The standard InChI is InChI=1S/C44H34N2.C34H30N2/c1-45(35-26-28-38(29-27-35)46(36-20-10-4-11-21-36)37-22-12-5-13-23-37)39-30-31-41-40-24-14-15-25-42(40)44(43(41)32-39,33-16-6-2-7-17-33)34-18-8-3-9-19-34;1-34(2)32-17-11-10-16-30(32)31-23-22-29(24-33(31)34)35(3)25-18-20-28(21-19-25)36(26-12-6-4-7-13-26)27-14-8-5-9-15-27/h2-32H,1H3;4-24H,1-3H3. The van der Waals surface area contributed by atoms with E-state index in [4.69, 9.17) is 0 Å². The van der Waals surface area contributed by atoms with Crippen LogP contribution in [-0.4, -0.2) is 14.1 Å². The maximum absolute atomic E-state index is 2.41. The zero-order valence-corrected chi connectivity index (χ0v) is 46.8. The summed E-state index contributed by atoms with van der Waals surface area (Å²) in [6.07, 6.45) is 0. The Morgan fingerprint density at radius 2 is 0.488 bits per heavy atom. The number of fused-ring (bicyclic) bond motifs is 6. The summed E-state index contributed by atoms with van der Waals surface area (Å²) in [5, 5.41) is 0. The van der Waals surface area contributed by atoms with Gasteiger partial charge in [-0.2, -0.15) is 0 Å². The van der Waals surface area contributed by atoms with Crippen LogP contribution in [-0.2, 0) is 10.8 Å². The second kappa shape index (κ2) is 21.8. The number of anilines is 10. The van der Waals surface area contributed by atoms with E-state index < -0.39 is 5.41 Å². The van der Waals surface area contributed by atoms with Crippen molar-refractivity contribution < 1.29 is 0 Å². The van der Waals surface area contributed by atoms with E-state index in [1.807, 2.05) is 0 Å². The van der Waals surface area contributed by atoms with Crippen LogP contribution in [0.25, 0.3) is 22.3 Å². The van der Waals surface area contributed by atoms with Gasteiger partial charge in [0.15, 0.2) is 0 Å². The quantitative estimate of drug-likeness (QED) is 0.121. The molecule has 0 heterocycles. The molecular weight excluding hydrogens is 993 g/mol. The lowest BCUT2D eigenvalue weighted by atomic mass is 9.67. The van der Waals surface area contributed by atoms with Crippen molar-refractivity contribution in [3.8, 4) is 22.3 Å². The van der Waals surface area contributed by atoms with Gasteiger partial charge in [0, 0.05) is 76.4 Å². The average Bonchev–Trinajstić information content (AvgIpc) is 4.20. The largest absolute Gasteiger partial charge is 0.345 e. The van der Waals surface area contributed by atoms with Gasteiger partial charge in [-0.25, -0.2) is 0 Å². The Bertz CT molecular complexity index is 4010. The van der Waals surface area contributed by atoms with Gasteiger partial charge in [-0.1, -0.05) is 208 Å². The molecule has 0 unspecified atom stereocenters. The van der Waals surface area contributed by atoms with E-state index >= 15 is 0 Å². The first-order chi connectivity index (χ1) is 40.3. The van der Waals surface area contributed by atoms with Crippen molar-refractivity contribution in [3.63, 3.8) is 0 Å². The fourth-order valence-corrected chi connectivity index (χ4v) is 12.7. The van der Waals surface area contributed by atoms with Gasteiger partial charge in [-0.05, 0) is 177 Å². The molecule has 0 atom stereocenters. The zero-order chi connectivity index (χ0) is 55.6. The molecule has 0 N–H and O–H groups in total. The van der Waals surface area contributed by atoms with E-state index in [1.54, 1.807) is 0 Å². The Balaban J connectivity index is 0.000000159. The molecule has 396 valence electrons. The molecule has 4 nitrogen and oxygen atoms in total. The lowest BCUT2D eigenvalue weighted by Crippen LogP contribution is -2.28. The topological polar surface area (TPSA) is 13.0 Å². The third-order valence-electron chi connectivity index (χ3n) is 16.8. The van der Waals surface area contributed by atoms with Gasteiger partial charge in [0.2, 0.25) is 0 Å². The highest BCUT2D eigenvalue weighted by atomic mass is 15.2. The van der Waals surface area contributed by atoms with Crippen molar-refractivity contribution in [2.45, 2.75) is 24.7 Å². The molecule has 0 aromatic heterocycles. The summed E-state index contributed by atoms with van der Waals surface area (Å²) in [4.78, 5) is 9.16. The van der Waals surface area contributed by atoms with E-state index in [-0.39, 0.29) is 5.41 Å². The van der Waals surface area contributed by atoms with E-state index in [0.717, 1.165) is 51.2 Å². The van der Waals surface area contributed by atoms with Crippen LogP contribution in [0.15, 0.2) is 315 Å². The van der Waals surface area contributed by atoms with Crippen molar-refractivity contribution in [2.75, 3.05) is 33.7 Å². The molecule has 0 amide bonds. The zero-order valence-electron chi connectivity index (χ0n) is 46.8. The molecule has 0 saturated carbocycles. The normalized spacial score (nSPS) is 12.8. The highest BCUT2D eigenvalue weighted by Gasteiger charge is 2.46. The van der Waals surface area contributed by atoms with Crippen LogP contribution in [0.3, 0.4) is 0 Å². The fourth-order valence-electron chi connectivity index (χ4n) is 12.7. The smallest absolute Gasteiger partial charge is 0.0714 e. The fraction of sp³-hybridized carbons (Fsp3) is 0.0769. The van der Waals surface area contributed by atoms with E-state index in [1.165, 1.54) is 61.3 Å². The van der Waals surface area contributed by atoms with Crippen LogP contribution >= 0.6 is 0 Å². The van der Waals surface area contributed by atoms with Crippen molar-refractivity contribution in [1.82, 2.24) is 0 Å². The molecule has 12 aromatic carbocycles. The summed E-state index contributed by atoms with van der Waals surface area (Å²) < 4.78 is 0. The molecule has 14 rings (SSSR count). The van der Waals surface area contributed by atoms with Crippen molar-refractivity contribution in [1.29, 1.82) is 0 Å². The number of rotatable bonds is 12. The van der Waals surface area contributed by atoms with Crippen LogP contribution in [0.2, 0.25) is 0 Å². The summed E-state index contributed by atoms with van der Waals surface area (Å²) in [6.45, 7) is 4.66. The Morgan fingerprint density at radius 1 is 0.220 bits per heavy atom. The number of hydrogen-bond donors (Lipinski definition) is 0. The Hall–Kier alpha value is -10.2. The van der Waals surface area contributed by atoms with Crippen LogP contribution in [0.1, 0.15) is 47.2 Å². The molecule has 0 fully saturated rings. The summed E-state index contributed by atoms with van der Waals surface area (Å²) >= 11 is 0. The number of nitrogens with zero attached hydrogens (tertiary/aromatic N) is 4. The van der Waals surface area contributed by atoms with Crippen molar-refractivity contribution in [3.05, 3.63) is 349 Å². The first-order valence-electron chi connectivity index (χ1n) is 28.4. The first-order valence-corrected chi connectivity index (χ1v) is 28.4. The van der Waals surface area contributed by atoms with Crippen molar-refractivity contribution in [2.24, 2.45) is 0 Å². The highest BCUT2D eigenvalue weighted by molar-refractivity contribution is 5.89. The van der Waals surface area contributed by atoms with Crippen LogP contribution in [0.5, 0.6) is 0 Å². The van der Waals surface area contributed by atoms with Gasteiger partial charge >= 0.3 is 0 Å². The Labute approximate surface area is 483 Å². The van der Waals surface area contributed by atoms with E-state index in [9.17, 15) is 0 Å². The molecule has 0 saturated heterocycles. The summed E-state index contributed by atoms with van der Waals surface area (Å²) in [5.41, 5.74) is 24.3. The monoisotopic (exact) mass is 1060 g/mol. The minimum absolute atomic E-state index is 0.00149. The molecule has 82 heavy (non-hydrogen) atoms. The molecule has 0 radical (unpaired) electrons. The van der Waals surface area contributed by atoms with E-state index in [0.29, 0.717) is 0 Å². The predicted molar refractivity (Wildman–Crippen MR) is 346 cm³/mol. The van der Waals surface area contributed by atoms with E-state index in [2.05, 4.69) is 363 Å². The first kappa shape index (κ1) is 51.3. The molecule has 2 aliphatic rings. The van der Waals surface area contributed by atoms with Gasteiger partial charge in [-0.3, -0.25) is 0 Å². The maximum atomic E-state index is 2.41. The number of hydrogen-bond acceptors (Lipinski definition) is 4. The lowest BCUT2D eigenvalue weighted by molar-refractivity contribution is 0.660. The minimum atomic E-state index is -0.416. The van der Waals surface area contributed by atoms with Crippen molar-refractivity contribution >= 4 is 56.9 Å². The number of benzene rings is 12. The molecule has 0 spiro atoms. The van der Waals surface area contributed by atoms with Crippen LogP contribution in [0, 0.1) is 0 Å². The third kappa shape index (κ3) is 9.18. The summed E-state index contributed by atoms with van der Waals surface area (Å²) in [7, 11) is 4.32. The average molecular weight is 1060 g/mol. The molecular formula is C78H64N4. The van der Waals surface area contributed by atoms with Gasteiger partial charge in [-0.15, -0.1) is 0 Å². The van der Waals surface area contributed by atoms with Crippen LogP contribution in [0.4, 0.5) is 56.9 Å². The third-order valence-corrected chi connectivity index (χ3v) is 16.8. The van der Waals surface area contributed by atoms with Gasteiger partial charge in [0.25, 0.3) is 0 Å². The highest BCUT2D eigenvalue weighted by Crippen LogP contribution is 2.57. The lowest BCUT2D eigenvalue weighted by Gasteiger charge is -2.34. The second-order valence-electron chi connectivity index (χ2n) is 21.8. The molecule has 12 aromatic rings. The molecule has 0 bridgehead atoms. The molecule has 2 aliphatic carbocycles. The Kier molecular flexibility index (Phi) is 13.6. The van der Waals surface area contributed by atoms with Crippen LogP contribution < -0.4 is 19.6 Å². The summed E-state index contributed by atoms with van der Waals surface area (Å²) in [5.74, 6) is 0. The summed E-state index contributed by atoms with van der Waals surface area (Å²) in [6, 6.07) is 113. The Morgan fingerprint density at radius 3 is 0.890 bits per heavy atom. The second-order valence-corrected chi connectivity index (χ2v) is 21.8. The van der Waals surface area contributed by atoms with Gasteiger partial charge in [0.1, 0.15) is 0 Å². The maximum Gasteiger partial charge on any atom is 0.0714 e. The SMILES string of the molecule is CN(c1ccc(N(c2ccccc2)c2ccccc2)cc1)c1ccc2c(c1)C(C)(C)c1ccccc1-2.CN(c1ccc(N(c2ccccc2)c2ccccc2)cc1)c1ccc2c(c1)C(c1ccccc1)(c1ccccc1)c1ccccc1-2. The van der Waals surface area contributed by atoms with Gasteiger partial charge < -0.3 is 19.6 Å². The number of para-hydroxylation sites is 4. The predicted octanol–water partition coefficient (Wildman–Crippen LogP) is 20.5. The minimum Gasteiger partial charge on any atom is -0.345 e.